The molecule has 0 fully saturated rings. The third kappa shape index (κ3) is 5.50. The van der Waals surface area contributed by atoms with Crippen molar-refractivity contribution in [3.8, 4) is 11.9 Å². The SMILES string of the molecule is Cc1ccc(C#N)c(O[C@H](CCNCCC2=CCC=N2)c2ccccc2)n1. The molecule has 2 aromatic rings. The fourth-order valence-corrected chi connectivity index (χ4v) is 2.96. The van der Waals surface area contributed by atoms with Crippen LogP contribution in [0.15, 0.2) is 59.2 Å². The van der Waals surface area contributed by atoms with E-state index in [0.717, 1.165) is 49.3 Å². The van der Waals surface area contributed by atoms with E-state index in [1.807, 2.05) is 49.5 Å². The maximum absolute atomic E-state index is 9.34. The minimum Gasteiger partial charge on any atom is -0.468 e. The Bertz CT molecular complexity index is 852. The Hall–Kier alpha value is -2.97. The van der Waals surface area contributed by atoms with Crippen LogP contribution in [-0.4, -0.2) is 24.3 Å². The zero-order valence-electron chi connectivity index (χ0n) is 15.6. The van der Waals surface area contributed by atoms with Crippen LogP contribution in [0.25, 0.3) is 0 Å². The predicted octanol–water partition coefficient (Wildman–Crippen LogP) is 4.11. The summed E-state index contributed by atoms with van der Waals surface area (Å²) in [6.07, 6.45) is 6.60. The Morgan fingerprint density at radius 2 is 2.04 bits per heavy atom. The van der Waals surface area contributed by atoms with Crippen LogP contribution in [0.2, 0.25) is 0 Å². The molecule has 27 heavy (non-hydrogen) atoms. The number of nitrogens with zero attached hydrogens (tertiary/aromatic N) is 3. The first kappa shape index (κ1) is 18.8. The zero-order valence-corrected chi connectivity index (χ0v) is 15.6. The molecule has 1 aromatic heterocycles. The minimum absolute atomic E-state index is 0.163. The highest BCUT2D eigenvalue weighted by molar-refractivity contribution is 5.64. The van der Waals surface area contributed by atoms with Gasteiger partial charge in [0.1, 0.15) is 17.7 Å². The van der Waals surface area contributed by atoms with Gasteiger partial charge in [0.25, 0.3) is 0 Å². The number of aliphatic imine (C=N–C) groups is 1. The van der Waals surface area contributed by atoms with Crippen molar-refractivity contribution >= 4 is 6.21 Å². The fraction of sp³-hybridized carbons (Fsp3) is 0.318. The van der Waals surface area contributed by atoms with Gasteiger partial charge in [-0.1, -0.05) is 36.4 Å². The Labute approximate surface area is 160 Å². The number of aryl methyl sites for hydroxylation is 1. The molecule has 0 saturated heterocycles. The number of nitriles is 1. The van der Waals surface area contributed by atoms with Crippen molar-refractivity contribution < 1.29 is 4.74 Å². The summed E-state index contributed by atoms with van der Waals surface area (Å²) in [6.45, 7) is 3.59. The average molecular weight is 360 g/mol. The van der Waals surface area contributed by atoms with Crippen LogP contribution in [-0.2, 0) is 0 Å². The molecular formula is C22H24N4O. The number of allylic oxidation sites excluding steroid dienone is 1. The van der Waals surface area contributed by atoms with E-state index in [1.165, 1.54) is 0 Å². The number of benzene rings is 1. The lowest BCUT2D eigenvalue weighted by Gasteiger charge is -2.20. The lowest BCUT2D eigenvalue weighted by molar-refractivity contribution is 0.185. The maximum Gasteiger partial charge on any atom is 0.232 e. The van der Waals surface area contributed by atoms with Crippen molar-refractivity contribution in [1.29, 1.82) is 5.26 Å². The van der Waals surface area contributed by atoms with Gasteiger partial charge in [-0.15, -0.1) is 0 Å². The fourth-order valence-electron chi connectivity index (χ4n) is 2.96. The summed E-state index contributed by atoms with van der Waals surface area (Å²) in [5, 5.41) is 12.8. The van der Waals surface area contributed by atoms with E-state index in [9.17, 15) is 5.26 Å². The number of rotatable bonds is 9. The molecule has 0 aliphatic carbocycles. The van der Waals surface area contributed by atoms with Gasteiger partial charge in [0.2, 0.25) is 5.88 Å². The molecule has 0 bridgehead atoms. The van der Waals surface area contributed by atoms with Crippen LogP contribution in [0.3, 0.4) is 0 Å². The summed E-state index contributed by atoms with van der Waals surface area (Å²) in [5.41, 5.74) is 3.52. The Morgan fingerprint density at radius 3 is 2.78 bits per heavy atom. The molecule has 0 unspecified atom stereocenters. The van der Waals surface area contributed by atoms with Crippen LogP contribution in [0.4, 0.5) is 0 Å². The van der Waals surface area contributed by atoms with Crippen molar-refractivity contribution in [2.75, 3.05) is 13.1 Å². The quantitative estimate of drug-likeness (QED) is 0.683. The van der Waals surface area contributed by atoms with Gasteiger partial charge in [-0.3, -0.25) is 4.99 Å². The topological polar surface area (TPSA) is 70.3 Å². The van der Waals surface area contributed by atoms with E-state index < -0.39 is 0 Å². The second kappa shape index (κ2) is 9.65. The molecule has 1 aliphatic heterocycles. The molecule has 1 N–H and O–H groups in total. The minimum atomic E-state index is -0.163. The van der Waals surface area contributed by atoms with Gasteiger partial charge in [0, 0.05) is 43.4 Å². The van der Waals surface area contributed by atoms with Crippen molar-refractivity contribution in [2.45, 2.75) is 32.3 Å². The molecule has 1 atom stereocenters. The first-order chi connectivity index (χ1) is 13.3. The van der Waals surface area contributed by atoms with Crippen LogP contribution in [0.5, 0.6) is 5.88 Å². The van der Waals surface area contributed by atoms with E-state index >= 15 is 0 Å². The smallest absolute Gasteiger partial charge is 0.232 e. The molecule has 0 spiro atoms. The first-order valence-electron chi connectivity index (χ1n) is 9.28. The van der Waals surface area contributed by atoms with E-state index in [0.29, 0.717) is 11.4 Å². The molecule has 5 heteroatoms. The van der Waals surface area contributed by atoms with Crippen molar-refractivity contribution in [3.05, 3.63) is 71.1 Å². The summed E-state index contributed by atoms with van der Waals surface area (Å²) in [6, 6.07) is 15.8. The Morgan fingerprint density at radius 1 is 1.19 bits per heavy atom. The van der Waals surface area contributed by atoms with Gasteiger partial charge in [-0.25, -0.2) is 4.98 Å². The van der Waals surface area contributed by atoms with Crippen LogP contribution in [0.1, 0.15) is 42.2 Å². The monoisotopic (exact) mass is 360 g/mol. The molecule has 1 aliphatic rings. The number of hydrogen-bond donors (Lipinski definition) is 1. The van der Waals surface area contributed by atoms with Gasteiger partial charge in [-0.05, 0) is 31.2 Å². The molecular weight excluding hydrogens is 336 g/mol. The van der Waals surface area contributed by atoms with E-state index in [2.05, 4.69) is 27.4 Å². The Kier molecular flexibility index (Phi) is 6.72. The highest BCUT2D eigenvalue weighted by atomic mass is 16.5. The van der Waals surface area contributed by atoms with E-state index in [1.54, 1.807) is 6.07 Å². The molecule has 0 saturated carbocycles. The zero-order chi connectivity index (χ0) is 18.9. The summed E-state index contributed by atoms with van der Waals surface area (Å²) in [7, 11) is 0. The molecule has 0 radical (unpaired) electrons. The van der Waals surface area contributed by atoms with Gasteiger partial charge in [0.05, 0.1) is 0 Å². The second-order valence-corrected chi connectivity index (χ2v) is 6.47. The summed E-state index contributed by atoms with van der Waals surface area (Å²) in [5.74, 6) is 0.400. The lowest BCUT2D eigenvalue weighted by atomic mass is 10.1. The maximum atomic E-state index is 9.34. The number of aromatic nitrogens is 1. The summed E-state index contributed by atoms with van der Waals surface area (Å²) >= 11 is 0. The van der Waals surface area contributed by atoms with Crippen LogP contribution < -0.4 is 10.1 Å². The number of ether oxygens (including phenoxy) is 1. The number of hydrogen-bond acceptors (Lipinski definition) is 5. The largest absolute Gasteiger partial charge is 0.468 e. The second-order valence-electron chi connectivity index (χ2n) is 6.47. The molecule has 138 valence electrons. The Balaban J connectivity index is 1.62. The summed E-state index contributed by atoms with van der Waals surface area (Å²) < 4.78 is 6.17. The molecule has 5 nitrogen and oxygen atoms in total. The van der Waals surface area contributed by atoms with E-state index in [4.69, 9.17) is 4.74 Å². The van der Waals surface area contributed by atoms with Crippen molar-refractivity contribution in [3.63, 3.8) is 0 Å². The number of nitrogens with one attached hydrogen (secondary N) is 1. The van der Waals surface area contributed by atoms with Crippen LogP contribution in [0, 0.1) is 18.3 Å². The summed E-state index contributed by atoms with van der Waals surface area (Å²) in [4.78, 5) is 8.75. The third-order valence-electron chi connectivity index (χ3n) is 4.40. The predicted molar refractivity (Wildman–Crippen MR) is 107 cm³/mol. The standard InChI is InChI=1S/C22H24N4O/c1-17-9-10-19(16-23)22(26-17)27-21(18-6-3-2-4-7-18)12-15-24-14-11-20-8-5-13-25-20/h2-4,6-10,13,21,24H,5,11-12,14-15H2,1H3/t21-/m1/s1. The normalized spacial score (nSPS) is 13.9. The third-order valence-corrected chi connectivity index (χ3v) is 4.40. The highest BCUT2D eigenvalue weighted by Gasteiger charge is 2.16. The van der Waals surface area contributed by atoms with Gasteiger partial charge in [0.15, 0.2) is 0 Å². The van der Waals surface area contributed by atoms with Crippen LogP contribution >= 0.6 is 0 Å². The molecule has 0 amide bonds. The van der Waals surface area contributed by atoms with Crippen molar-refractivity contribution in [1.82, 2.24) is 10.3 Å². The highest BCUT2D eigenvalue weighted by Crippen LogP contribution is 2.26. The number of pyridine rings is 1. The lowest BCUT2D eigenvalue weighted by Crippen LogP contribution is -2.21. The molecule has 1 aromatic carbocycles. The van der Waals surface area contributed by atoms with Crippen molar-refractivity contribution in [2.24, 2.45) is 4.99 Å². The average Bonchev–Trinajstić information content (AvgIpc) is 3.21. The van der Waals surface area contributed by atoms with Gasteiger partial charge in [-0.2, -0.15) is 5.26 Å². The molecule has 2 heterocycles. The van der Waals surface area contributed by atoms with Gasteiger partial charge >= 0.3 is 0 Å². The van der Waals surface area contributed by atoms with E-state index in [-0.39, 0.29) is 6.10 Å². The molecule has 3 rings (SSSR count). The first-order valence-corrected chi connectivity index (χ1v) is 9.28. The van der Waals surface area contributed by atoms with Gasteiger partial charge < -0.3 is 10.1 Å².